The van der Waals surface area contributed by atoms with E-state index < -0.39 is 9.73 Å². The van der Waals surface area contributed by atoms with Crippen LogP contribution in [-0.2, 0) is 27.5 Å². The molecule has 188 valence electrons. The standard InChI is InChI=1S/C23H26N8O2S3/c1-3-6-17(36(24,33)18-9-10-18)7-5-8-20-27-29-22(35-20)26-19(32)15-34-23-30-28-21(31(23)4-2)16-11-13-25-14-12-16/h3,5-7,11-14,18,24H,1,4,8-10,15H2,2H3,(H,26,29,32)/b7-5-,17-6+. The van der Waals surface area contributed by atoms with E-state index in [1.807, 2.05) is 29.7 Å². The summed E-state index contributed by atoms with van der Waals surface area (Å²) in [5, 5.41) is 21.1. The highest BCUT2D eigenvalue weighted by Crippen LogP contribution is 2.34. The number of hydrogen-bond donors (Lipinski definition) is 2. The summed E-state index contributed by atoms with van der Waals surface area (Å²) in [7, 11) is -2.81. The van der Waals surface area contributed by atoms with Crippen molar-refractivity contribution in [3.05, 3.63) is 65.3 Å². The molecule has 0 saturated heterocycles. The Kier molecular flexibility index (Phi) is 8.44. The van der Waals surface area contributed by atoms with Crippen LogP contribution in [0.15, 0.2) is 65.5 Å². The fraction of sp³-hybridized carbons (Fsp3) is 0.304. The summed E-state index contributed by atoms with van der Waals surface area (Å²) in [6.45, 7) is 6.33. The van der Waals surface area contributed by atoms with Gasteiger partial charge in [0.05, 0.1) is 15.5 Å². The van der Waals surface area contributed by atoms with Crippen LogP contribution in [0.1, 0.15) is 24.8 Å². The molecule has 4 rings (SSSR count). The third-order valence-corrected chi connectivity index (χ3v) is 9.43. The van der Waals surface area contributed by atoms with Crippen molar-refractivity contribution < 1.29 is 9.00 Å². The molecule has 10 nitrogen and oxygen atoms in total. The number of allylic oxidation sites excluding steroid dienone is 4. The number of aromatic nitrogens is 6. The van der Waals surface area contributed by atoms with Crippen molar-refractivity contribution in [2.45, 2.75) is 43.1 Å². The summed E-state index contributed by atoms with van der Waals surface area (Å²) in [4.78, 5) is 17.0. The molecule has 1 saturated carbocycles. The predicted molar refractivity (Wildman–Crippen MR) is 143 cm³/mol. The molecule has 1 fully saturated rings. The first-order valence-corrected chi connectivity index (χ1v) is 14.7. The number of pyridine rings is 1. The number of nitrogens with zero attached hydrogens (tertiary/aromatic N) is 6. The van der Waals surface area contributed by atoms with Crippen molar-refractivity contribution in [3.8, 4) is 11.4 Å². The Morgan fingerprint density at radius 3 is 2.78 bits per heavy atom. The lowest BCUT2D eigenvalue weighted by Gasteiger charge is -2.07. The molecule has 3 heterocycles. The minimum absolute atomic E-state index is 0.0667. The number of nitrogens with one attached hydrogen (secondary N) is 2. The molecule has 13 heteroatoms. The first kappa shape index (κ1) is 25.9. The fourth-order valence-corrected chi connectivity index (χ4v) is 6.62. The van der Waals surface area contributed by atoms with E-state index in [-0.39, 0.29) is 16.9 Å². The van der Waals surface area contributed by atoms with Crippen LogP contribution in [0.2, 0.25) is 0 Å². The Bertz CT molecular complexity index is 1390. The molecular weight excluding hydrogens is 517 g/mol. The van der Waals surface area contributed by atoms with Crippen molar-refractivity contribution in [1.29, 1.82) is 4.78 Å². The molecule has 0 aliphatic heterocycles. The molecule has 36 heavy (non-hydrogen) atoms. The molecule has 1 atom stereocenters. The van der Waals surface area contributed by atoms with Crippen molar-refractivity contribution in [2.75, 3.05) is 11.1 Å². The van der Waals surface area contributed by atoms with Gasteiger partial charge in [-0.3, -0.25) is 15.1 Å². The summed E-state index contributed by atoms with van der Waals surface area (Å²) in [5.41, 5.74) is 0.913. The number of thioether (sulfide) groups is 1. The Morgan fingerprint density at radius 2 is 2.08 bits per heavy atom. The molecule has 0 radical (unpaired) electrons. The quantitative estimate of drug-likeness (QED) is 0.255. The van der Waals surface area contributed by atoms with Gasteiger partial charge in [0.1, 0.15) is 5.01 Å². The molecule has 0 bridgehead atoms. The van der Waals surface area contributed by atoms with E-state index in [4.69, 9.17) is 4.78 Å². The van der Waals surface area contributed by atoms with Crippen molar-refractivity contribution in [1.82, 2.24) is 29.9 Å². The van der Waals surface area contributed by atoms with E-state index in [1.54, 1.807) is 30.6 Å². The van der Waals surface area contributed by atoms with Gasteiger partial charge in [-0.2, -0.15) is 0 Å². The van der Waals surface area contributed by atoms with Crippen LogP contribution in [0, 0.1) is 4.78 Å². The van der Waals surface area contributed by atoms with Crippen LogP contribution in [0.3, 0.4) is 0 Å². The van der Waals surface area contributed by atoms with Crippen LogP contribution in [0.5, 0.6) is 0 Å². The largest absolute Gasteiger partial charge is 0.302 e. The third-order valence-electron chi connectivity index (χ3n) is 5.22. The lowest BCUT2D eigenvalue weighted by atomic mass is 10.2. The molecular formula is C23H26N8O2S3. The Hall–Kier alpha value is -3.16. The second-order valence-electron chi connectivity index (χ2n) is 7.84. The summed E-state index contributed by atoms with van der Waals surface area (Å²) < 4.78 is 22.9. The number of carbonyl (C=O) groups is 1. The van der Waals surface area contributed by atoms with Gasteiger partial charge < -0.3 is 4.57 Å². The van der Waals surface area contributed by atoms with Gasteiger partial charge >= 0.3 is 0 Å². The van der Waals surface area contributed by atoms with Crippen LogP contribution >= 0.6 is 23.1 Å². The predicted octanol–water partition coefficient (Wildman–Crippen LogP) is 4.32. The van der Waals surface area contributed by atoms with Gasteiger partial charge in [-0.25, -0.2) is 8.99 Å². The Morgan fingerprint density at radius 1 is 1.31 bits per heavy atom. The highest BCUT2D eigenvalue weighted by atomic mass is 32.2. The fourth-order valence-electron chi connectivity index (χ4n) is 3.31. The van der Waals surface area contributed by atoms with Gasteiger partial charge in [0.2, 0.25) is 11.0 Å². The van der Waals surface area contributed by atoms with E-state index in [0.717, 1.165) is 24.2 Å². The van der Waals surface area contributed by atoms with Crippen molar-refractivity contribution in [3.63, 3.8) is 0 Å². The molecule has 1 unspecified atom stereocenters. The number of carbonyl (C=O) groups excluding carboxylic acids is 1. The molecule has 2 N–H and O–H groups in total. The molecule has 0 aromatic carbocycles. The smallest absolute Gasteiger partial charge is 0.236 e. The lowest BCUT2D eigenvalue weighted by molar-refractivity contribution is -0.113. The summed E-state index contributed by atoms with van der Waals surface area (Å²) >= 11 is 2.57. The first-order chi connectivity index (χ1) is 17.4. The van der Waals surface area contributed by atoms with E-state index >= 15 is 0 Å². The van der Waals surface area contributed by atoms with Gasteiger partial charge in [-0.05, 0) is 44.1 Å². The Labute approximate surface area is 218 Å². The average molecular weight is 543 g/mol. The monoisotopic (exact) mass is 542 g/mol. The lowest BCUT2D eigenvalue weighted by Crippen LogP contribution is -2.14. The van der Waals surface area contributed by atoms with E-state index in [1.165, 1.54) is 23.1 Å². The van der Waals surface area contributed by atoms with Gasteiger partial charge in [-0.1, -0.05) is 41.8 Å². The number of anilines is 1. The molecule has 3 aromatic heterocycles. The second-order valence-corrected chi connectivity index (χ2v) is 12.2. The molecule has 1 aliphatic carbocycles. The van der Waals surface area contributed by atoms with Crippen LogP contribution in [0.4, 0.5) is 5.13 Å². The number of hydrogen-bond acceptors (Lipinski definition) is 10. The number of rotatable bonds is 12. The SMILES string of the molecule is C=C/C=C(\C=C/Cc1nnc(NC(=O)CSc2nnc(-c3ccncc3)n2CC)s1)S(=N)(=O)C1CC1. The van der Waals surface area contributed by atoms with Gasteiger partial charge in [0.15, 0.2) is 11.0 Å². The normalized spacial score (nSPS) is 15.6. The topological polar surface area (TPSA) is 139 Å². The highest BCUT2D eigenvalue weighted by molar-refractivity contribution is 7.99. The maximum absolute atomic E-state index is 12.7. The zero-order valence-electron chi connectivity index (χ0n) is 19.7. The zero-order valence-corrected chi connectivity index (χ0v) is 22.1. The Balaban J connectivity index is 1.31. The van der Waals surface area contributed by atoms with Crippen molar-refractivity contribution >= 4 is 43.9 Å². The summed E-state index contributed by atoms with van der Waals surface area (Å²) in [6, 6.07) is 3.74. The average Bonchev–Trinajstić information content (AvgIpc) is 3.53. The maximum Gasteiger partial charge on any atom is 0.236 e. The van der Waals surface area contributed by atoms with Gasteiger partial charge in [0, 0.05) is 41.1 Å². The third kappa shape index (κ3) is 6.33. The molecule has 1 aliphatic rings. The highest BCUT2D eigenvalue weighted by Gasteiger charge is 2.34. The molecule has 3 aromatic rings. The van der Waals surface area contributed by atoms with Crippen molar-refractivity contribution in [2.24, 2.45) is 0 Å². The zero-order chi connectivity index (χ0) is 25.5. The summed E-state index contributed by atoms with van der Waals surface area (Å²) in [5.74, 6) is 0.663. The van der Waals surface area contributed by atoms with Crippen LogP contribution < -0.4 is 5.32 Å². The molecule has 1 amide bonds. The van der Waals surface area contributed by atoms with E-state index in [9.17, 15) is 9.00 Å². The minimum atomic E-state index is -2.81. The number of amides is 1. The van der Waals surface area contributed by atoms with E-state index in [2.05, 4.69) is 37.3 Å². The second kappa shape index (κ2) is 11.7. The van der Waals surface area contributed by atoms with Crippen LogP contribution in [0.25, 0.3) is 11.4 Å². The molecule has 0 spiro atoms. The van der Waals surface area contributed by atoms with Crippen LogP contribution in [-0.4, -0.2) is 51.1 Å². The van der Waals surface area contributed by atoms with Gasteiger partial charge in [0.25, 0.3) is 0 Å². The minimum Gasteiger partial charge on any atom is -0.302 e. The van der Waals surface area contributed by atoms with E-state index in [0.29, 0.717) is 33.2 Å². The maximum atomic E-state index is 12.7. The van der Waals surface area contributed by atoms with Gasteiger partial charge in [-0.15, -0.1) is 20.4 Å². The first-order valence-electron chi connectivity index (χ1n) is 11.3. The summed E-state index contributed by atoms with van der Waals surface area (Å²) in [6.07, 6.45) is 12.2.